The molecule has 19 heavy (non-hydrogen) atoms. The van der Waals surface area contributed by atoms with E-state index in [2.05, 4.69) is 18.4 Å². The largest absolute Gasteiger partial charge is 0.370 e. The van der Waals surface area contributed by atoms with Gasteiger partial charge in [-0.1, -0.05) is 24.1 Å². The quantitative estimate of drug-likeness (QED) is 0.469. The zero-order valence-electron chi connectivity index (χ0n) is 11.1. The Kier molecular flexibility index (Phi) is 5.04. The van der Waals surface area contributed by atoms with Crippen LogP contribution in [-0.2, 0) is 4.74 Å². The van der Waals surface area contributed by atoms with Gasteiger partial charge >= 0.3 is 0 Å². The molecule has 0 radical (unpaired) electrons. The standard InChI is InChI=1S/C16H19ClNO/c1-2-9-18(11-13-19-14-12-18)10-3-4-15-5-7-16(17)8-6-15/h2,5-8H,1,9-14H2/q+1. The zero-order valence-corrected chi connectivity index (χ0v) is 11.8. The summed E-state index contributed by atoms with van der Waals surface area (Å²) < 4.78 is 6.40. The Bertz CT molecular complexity index is 478. The summed E-state index contributed by atoms with van der Waals surface area (Å²) in [6.45, 7) is 9.32. The molecule has 0 spiro atoms. The number of rotatable bonds is 3. The van der Waals surface area contributed by atoms with Crippen LogP contribution in [0.4, 0.5) is 0 Å². The summed E-state index contributed by atoms with van der Waals surface area (Å²) in [5.41, 5.74) is 1.01. The third kappa shape index (κ3) is 4.11. The first-order valence-corrected chi connectivity index (χ1v) is 6.90. The van der Waals surface area contributed by atoms with Crippen molar-refractivity contribution >= 4 is 11.6 Å². The van der Waals surface area contributed by atoms with Gasteiger partial charge in [0.1, 0.15) is 19.6 Å². The summed E-state index contributed by atoms with van der Waals surface area (Å²) in [5, 5.41) is 0.744. The predicted molar refractivity (Wildman–Crippen MR) is 79.1 cm³/mol. The number of halogens is 1. The van der Waals surface area contributed by atoms with E-state index in [9.17, 15) is 0 Å². The molecule has 0 saturated carbocycles. The van der Waals surface area contributed by atoms with Gasteiger partial charge in [-0.05, 0) is 36.3 Å². The van der Waals surface area contributed by atoms with Crippen LogP contribution in [0, 0.1) is 11.8 Å². The lowest BCUT2D eigenvalue weighted by Gasteiger charge is -2.39. The van der Waals surface area contributed by atoms with Crippen LogP contribution in [0.2, 0.25) is 5.02 Å². The molecule has 1 aromatic carbocycles. The second-order valence-electron chi connectivity index (χ2n) is 4.84. The minimum Gasteiger partial charge on any atom is -0.370 e. The van der Waals surface area contributed by atoms with Crippen molar-refractivity contribution in [2.45, 2.75) is 0 Å². The van der Waals surface area contributed by atoms with Gasteiger partial charge in [0.25, 0.3) is 0 Å². The molecule has 3 heteroatoms. The van der Waals surface area contributed by atoms with E-state index >= 15 is 0 Å². The van der Waals surface area contributed by atoms with E-state index in [-0.39, 0.29) is 0 Å². The van der Waals surface area contributed by atoms with Crippen molar-refractivity contribution in [3.63, 3.8) is 0 Å². The summed E-state index contributed by atoms with van der Waals surface area (Å²) in [7, 11) is 0. The molecule has 0 N–H and O–H groups in total. The molecular formula is C16H19ClNO+. The Labute approximate surface area is 120 Å². The summed E-state index contributed by atoms with van der Waals surface area (Å²) in [4.78, 5) is 0. The highest BCUT2D eigenvalue weighted by molar-refractivity contribution is 6.30. The molecule has 0 bridgehead atoms. The average Bonchev–Trinajstić information content (AvgIpc) is 2.42. The first-order chi connectivity index (χ1) is 9.24. The fourth-order valence-corrected chi connectivity index (χ4v) is 2.38. The molecule has 1 aliphatic rings. The number of hydrogen-bond donors (Lipinski definition) is 0. The molecule has 0 aromatic heterocycles. The van der Waals surface area contributed by atoms with Crippen molar-refractivity contribution in [3.05, 3.63) is 47.5 Å². The molecule has 100 valence electrons. The second-order valence-corrected chi connectivity index (χ2v) is 5.28. The van der Waals surface area contributed by atoms with Gasteiger partial charge in [0.05, 0.1) is 19.8 Å². The lowest BCUT2D eigenvalue weighted by molar-refractivity contribution is -0.923. The van der Waals surface area contributed by atoms with Crippen molar-refractivity contribution in [2.24, 2.45) is 0 Å². The number of nitrogens with zero attached hydrogens (tertiary/aromatic N) is 1. The summed E-state index contributed by atoms with van der Waals surface area (Å²) in [6, 6.07) is 7.64. The molecule has 1 heterocycles. The fourth-order valence-electron chi connectivity index (χ4n) is 2.25. The van der Waals surface area contributed by atoms with Crippen molar-refractivity contribution in [1.82, 2.24) is 0 Å². The molecule has 1 aliphatic heterocycles. The van der Waals surface area contributed by atoms with Gasteiger partial charge in [-0.15, -0.1) is 0 Å². The SMILES string of the molecule is C=CC[N+]1(CC#Cc2ccc(Cl)cc2)CCOCC1. The summed E-state index contributed by atoms with van der Waals surface area (Å²) in [5.74, 6) is 6.50. The number of ether oxygens (including phenoxy) is 1. The van der Waals surface area contributed by atoms with Crippen LogP contribution in [0.5, 0.6) is 0 Å². The Morgan fingerprint density at radius 3 is 2.58 bits per heavy atom. The summed E-state index contributed by atoms with van der Waals surface area (Å²) >= 11 is 5.85. The number of quaternary nitrogens is 1. The van der Waals surface area contributed by atoms with E-state index in [1.54, 1.807) is 0 Å². The number of hydrogen-bond acceptors (Lipinski definition) is 1. The summed E-state index contributed by atoms with van der Waals surface area (Å²) in [6.07, 6.45) is 1.98. The van der Waals surface area contributed by atoms with E-state index in [0.29, 0.717) is 0 Å². The van der Waals surface area contributed by atoms with Crippen LogP contribution >= 0.6 is 11.6 Å². The van der Waals surface area contributed by atoms with Crippen LogP contribution in [0.15, 0.2) is 36.9 Å². The van der Waals surface area contributed by atoms with Crippen LogP contribution in [-0.4, -0.2) is 43.9 Å². The lowest BCUT2D eigenvalue weighted by atomic mass is 10.2. The van der Waals surface area contributed by atoms with Gasteiger partial charge in [0, 0.05) is 10.6 Å². The molecule has 0 unspecified atom stereocenters. The normalized spacial score (nSPS) is 17.3. The van der Waals surface area contributed by atoms with Gasteiger partial charge in [0.2, 0.25) is 0 Å². The highest BCUT2D eigenvalue weighted by Crippen LogP contribution is 2.11. The van der Waals surface area contributed by atoms with Crippen molar-refractivity contribution in [3.8, 4) is 11.8 Å². The minimum absolute atomic E-state index is 0.744. The molecular weight excluding hydrogens is 258 g/mol. The fraction of sp³-hybridized carbons (Fsp3) is 0.375. The smallest absolute Gasteiger partial charge is 0.141 e. The molecule has 1 saturated heterocycles. The molecule has 0 aliphatic carbocycles. The monoisotopic (exact) mass is 276 g/mol. The van der Waals surface area contributed by atoms with E-state index < -0.39 is 0 Å². The van der Waals surface area contributed by atoms with Crippen molar-refractivity contribution < 1.29 is 9.22 Å². The number of benzene rings is 1. The maximum absolute atomic E-state index is 5.85. The van der Waals surface area contributed by atoms with Crippen LogP contribution in [0.3, 0.4) is 0 Å². The minimum atomic E-state index is 0.744. The highest BCUT2D eigenvalue weighted by atomic mass is 35.5. The Hall–Kier alpha value is -1.27. The van der Waals surface area contributed by atoms with Gasteiger partial charge in [-0.3, -0.25) is 0 Å². The molecule has 1 aromatic rings. The van der Waals surface area contributed by atoms with Gasteiger partial charge in [0.15, 0.2) is 0 Å². The second kappa shape index (κ2) is 6.77. The molecule has 2 nitrogen and oxygen atoms in total. The first-order valence-electron chi connectivity index (χ1n) is 6.52. The van der Waals surface area contributed by atoms with Gasteiger partial charge in [-0.2, -0.15) is 0 Å². The first kappa shape index (κ1) is 14.1. The van der Waals surface area contributed by atoms with Gasteiger partial charge in [-0.25, -0.2) is 0 Å². The Morgan fingerprint density at radius 2 is 1.95 bits per heavy atom. The highest BCUT2D eigenvalue weighted by Gasteiger charge is 2.27. The van der Waals surface area contributed by atoms with E-state index in [4.69, 9.17) is 16.3 Å². The van der Waals surface area contributed by atoms with Crippen molar-refractivity contribution in [1.29, 1.82) is 0 Å². The maximum atomic E-state index is 5.85. The Morgan fingerprint density at radius 1 is 1.26 bits per heavy atom. The molecule has 1 fully saturated rings. The van der Waals surface area contributed by atoms with E-state index in [1.807, 2.05) is 30.3 Å². The third-order valence-electron chi connectivity index (χ3n) is 3.43. The number of morpholine rings is 1. The van der Waals surface area contributed by atoms with Crippen LogP contribution < -0.4 is 0 Å². The van der Waals surface area contributed by atoms with Crippen molar-refractivity contribution in [2.75, 3.05) is 39.4 Å². The van der Waals surface area contributed by atoms with E-state index in [1.165, 1.54) is 0 Å². The Balaban J connectivity index is 2.02. The maximum Gasteiger partial charge on any atom is 0.141 e. The van der Waals surface area contributed by atoms with Crippen LogP contribution in [0.25, 0.3) is 0 Å². The topological polar surface area (TPSA) is 9.23 Å². The molecule has 0 atom stereocenters. The lowest BCUT2D eigenvalue weighted by Crippen LogP contribution is -2.55. The van der Waals surface area contributed by atoms with E-state index in [0.717, 1.165) is 54.5 Å². The average molecular weight is 277 g/mol. The zero-order chi connectivity index (χ0) is 13.6. The third-order valence-corrected chi connectivity index (χ3v) is 3.68. The predicted octanol–water partition coefficient (Wildman–Crippen LogP) is 2.72. The molecule has 0 amide bonds. The van der Waals surface area contributed by atoms with Crippen LogP contribution in [0.1, 0.15) is 5.56 Å². The molecule has 2 rings (SSSR count). The van der Waals surface area contributed by atoms with Gasteiger partial charge < -0.3 is 9.22 Å².